The number of amides is 3. The summed E-state index contributed by atoms with van der Waals surface area (Å²) >= 11 is 0. The Balaban J connectivity index is 2.02. The van der Waals surface area contributed by atoms with Crippen LogP contribution in [0, 0.1) is 0 Å². The number of aromatic nitrogens is 1. The smallest absolute Gasteiger partial charge is 0.318 e. The van der Waals surface area contributed by atoms with Gasteiger partial charge in [-0.2, -0.15) is 0 Å². The molecule has 0 saturated heterocycles. The lowest BCUT2D eigenvalue weighted by atomic mass is 9.96. The summed E-state index contributed by atoms with van der Waals surface area (Å²) in [4.78, 5) is 29.4. The summed E-state index contributed by atoms with van der Waals surface area (Å²) in [6, 6.07) is 4.01. The summed E-state index contributed by atoms with van der Waals surface area (Å²) in [6.45, 7) is 2.52. The third-order valence-electron chi connectivity index (χ3n) is 5.64. The van der Waals surface area contributed by atoms with E-state index in [2.05, 4.69) is 5.32 Å². The van der Waals surface area contributed by atoms with E-state index in [1.807, 2.05) is 29.9 Å². The van der Waals surface area contributed by atoms with Crippen LogP contribution in [-0.2, 0) is 27.9 Å². The van der Waals surface area contributed by atoms with Crippen LogP contribution in [0.4, 0.5) is 4.79 Å². The normalized spacial score (nSPS) is 14.5. The Hall–Kier alpha value is -2.06. The molecule has 0 bridgehead atoms. The molecule has 1 aliphatic rings. The van der Waals surface area contributed by atoms with Crippen molar-refractivity contribution in [3.63, 3.8) is 0 Å². The van der Waals surface area contributed by atoms with Gasteiger partial charge in [0, 0.05) is 58.9 Å². The molecular weight excluding hydrogens is 384 g/mol. The van der Waals surface area contributed by atoms with E-state index in [-0.39, 0.29) is 24.5 Å². The number of ether oxygens (including phenoxy) is 2. The summed E-state index contributed by atoms with van der Waals surface area (Å²) in [5.74, 6) is -0.0792. The highest BCUT2D eigenvalue weighted by Gasteiger charge is 2.24. The molecule has 0 unspecified atom stereocenters. The molecule has 0 spiro atoms. The molecule has 2 rings (SSSR count). The summed E-state index contributed by atoms with van der Waals surface area (Å²) in [7, 11) is 5.23. The first-order valence-corrected chi connectivity index (χ1v) is 11.0. The number of nitrogens with zero attached hydrogens (tertiary/aromatic N) is 3. The van der Waals surface area contributed by atoms with Crippen LogP contribution in [0.5, 0.6) is 0 Å². The van der Waals surface area contributed by atoms with Crippen molar-refractivity contribution in [3.8, 4) is 0 Å². The number of nitrogens with one attached hydrogen (secondary N) is 1. The first-order valence-electron chi connectivity index (χ1n) is 11.0. The van der Waals surface area contributed by atoms with Crippen LogP contribution in [0.25, 0.3) is 0 Å². The molecule has 1 saturated carbocycles. The lowest BCUT2D eigenvalue weighted by molar-refractivity contribution is -0.133. The number of hydrogen-bond donors (Lipinski definition) is 1. The second-order valence-corrected chi connectivity index (χ2v) is 7.97. The Kier molecular flexibility index (Phi) is 10.7. The largest absolute Gasteiger partial charge is 0.385 e. The SMILES string of the molecule is COCCCN(CC(=O)N(CCOC)Cc1cccn1C)C(=O)NC1CCCCC1. The number of rotatable bonds is 12. The number of aryl methyl sites for hydroxylation is 1. The topological polar surface area (TPSA) is 76.0 Å². The molecule has 1 N–H and O–H groups in total. The Morgan fingerprint density at radius 2 is 1.83 bits per heavy atom. The molecular formula is C22H38N4O4. The van der Waals surface area contributed by atoms with Gasteiger partial charge in [-0.25, -0.2) is 4.79 Å². The van der Waals surface area contributed by atoms with Gasteiger partial charge in [-0.1, -0.05) is 19.3 Å². The lowest BCUT2D eigenvalue weighted by Gasteiger charge is -2.30. The van der Waals surface area contributed by atoms with E-state index in [9.17, 15) is 9.59 Å². The predicted octanol–water partition coefficient (Wildman–Crippen LogP) is 2.38. The molecule has 0 aromatic carbocycles. The van der Waals surface area contributed by atoms with Crippen LogP contribution in [0.2, 0.25) is 0 Å². The molecule has 1 aromatic heterocycles. The van der Waals surface area contributed by atoms with Crippen molar-refractivity contribution in [1.29, 1.82) is 0 Å². The molecule has 8 nitrogen and oxygen atoms in total. The maximum atomic E-state index is 13.1. The van der Waals surface area contributed by atoms with Crippen LogP contribution in [0.3, 0.4) is 0 Å². The van der Waals surface area contributed by atoms with E-state index in [1.54, 1.807) is 24.0 Å². The maximum absolute atomic E-state index is 13.1. The number of carbonyl (C=O) groups is 2. The fraction of sp³-hybridized carbons (Fsp3) is 0.727. The van der Waals surface area contributed by atoms with Crippen molar-refractivity contribution in [3.05, 3.63) is 24.0 Å². The Morgan fingerprint density at radius 3 is 2.47 bits per heavy atom. The van der Waals surface area contributed by atoms with Crippen LogP contribution in [0.1, 0.15) is 44.2 Å². The third-order valence-corrected chi connectivity index (χ3v) is 5.64. The Morgan fingerprint density at radius 1 is 1.10 bits per heavy atom. The Bertz CT molecular complexity index is 643. The Labute approximate surface area is 180 Å². The van der Waals surface area contributed by atoms with Gasteiger partial charge < -0.3 is 29.2 Å². The number of hydrogen-bond acceptors (Lipinski definition) is 4. The van der Waals surface area contributed by atoms with E-state index >= 15 is 0 Å². The fourth-order valence-electron chi connectivity index (χ4n) is 3.78. The minimum absolute atomic E-state index is 0.0520. The molecule has 3 amide bonds. The van der Waals surface area contributed by atoms with Crippen LogP contribution in [0.15, 0.2) is 18.3 Å². The summed E-state index contributed by atoms with van der Waals surface area (Å²) in [6.07, 6.45) is 8.21. The van der Waals surface area contributed by atoms with Gasteiger partial charge in [-0.3, -0.25) is 4.79 Å². The van der Waals surface area contributed by atoms with Crippen LogP contribution < -0.4 is 5.32 Å². The standard InChI is InChI=1S/C22H38N4O4/c1-24-12-7-11-20(24)17-25(14-16-30-3)21(27)18-26(13-8-15-29-2)22(28)23-19-9-5-4-6-10-19/h7,11-12,19H,4-6,8-10,13-18H2,1-3H3,(H,23,28). The molecule has 170 valence electrons. The van der Waals surface area contributed by atoms with Crippen molar-refractivity contribution >= 4 is 11.9 Å². The van der Waals surface area contributed by atoms with Crippen molar-refractivity contribution in [2.24, 2.45) is 7.05 Å². The van der Waals surface area contributed by atoms with Crippen molar-refractivity contribution in [2.45, 2.75) is 51.1 Å². The van der Waals surface area contributed by atoms with Crippen LogP contribution in [-0.4, -0.2) is 79.4 Å². The highest BCUT2D eigenvalue weighted by atomic mass is 16.5. The van der Waals surface area contributed by atoms with Crippen molar-refractivity contribution < 1.29 is 19.1 Å². The number of carbonyl (C=O) groups excluding carboxylic acids is 2. The maximum Gasteiger partial charge on any atom is 0.318 e. The summed E-state index contributed by atoms with van der Waals surface area (Å²) < 4.78 is 12.3. The highest BCUT2D eigenvalue weighted by molar-refractivity contribution is 5.84. The zero-order valence-electron chi connectivity index (χ0n) is 18.8. The second-order valence-electron chi connectivity index (χ2n) is 7.97. The average molecular weight is 423 g/mol. The minimum atomic E-state index is -0.156. The number of urea groups is 1. The fourth-order valence-corrected chi connectivity index (χ4v) is 3.78. The average Bonchev–Trinajstić information content (AvgIpc) is 3.15. The lowest BCUT2D eigenvalue weighted by Crippen LogP contribution is -2.50. The second kappa shape index (κ2) is 13.3. The van der Waals surface area contributed by atoms with Crippen LogP contribution >= 0.6 is 0 Å². The molecule has 1 heterocycles. The quantitative estimate of drug-likeness (QED) is 0.525. The monoisotopic (exact) mass is 422 g/mol. The van der Waals surface area contributed by atoms with E-state index in [0.717, 1.165) is 31.4 Å². The van der Waals surface area contributed by atoms with Gasteiger partial charge in [0.1, 0.15) is 6.54 Å². The van der Waals surface area contributed by atoms with Gasteiger partial charge >= 0.3 is 6.03 Å². The van der Waals surface area contributed by atoms with Gasteiger partial charge in [-0.15, -0.1) is 0 Å². The molecule has 1 aliphatic carbocycles. The molecule has 1 aromatic rings. The van der Waals surface area contributed by atoms with Gasteiger partial charge in [0.15, 0.2) is 0 Å². The van der Waals surface area contributed by atoms with Gasteiger partial charge in [-0.05, 0) is 31.4 Å². The first-order chi connectivity index (χ1) is 14.5. The van der Waals surface area contributed by atoms with Gasteiger partial charge in [0.05, 0.1) is 13.2 Å². The highest BCUT2D eigenvalue weighted by Crippen LogP contribution is 2.17. The third kappa shape index (κ3) is 7.99. The molecule has 1 fully saturated rings. The minimum Gasteiger partial charge on any atom is -0.385 e. The van der Waals surface area contributed by atoms with Gasteiger partial charge in [0.2, 0.25) is 5.91 Å². The van der Waals surface area contributed by atoms with Gasteiger partial charge in [0.25, 0.3) is 0 Å². The molecule has 0 radical (unpaired) electrons. The van der Waals surface area contributed by atoms with E-state index in [1.165, 1.54) is 6.42 Å². The molecule has 8 heteroatoms. The summed E-state index contributed by atoms with van der Waals surface area (Å²) in [5.41, 5.74) is 1.04. The molecule has 0 aliphatic heterocycles. The summed E-state index contributed by atoms with van der Waals surface area (Å²) in [5, 5.41) is 3.13. The predicted molar refractivity (Wildman–Crippen MR) is 116 cm³/mol. The van der Waals surface area contributed by atoms with E-state index in [0.29, 0.717) is 39.3 Å². The molecule has 0 atom stereocenters. The number of methoxy groups -OCH3 is 2. The van der Waals surface area contributed by atoms with E-state index < -0.39 is 0 Å². The zero-order valence-corrected chi connectivity index (χ0v) is 18.8. The molecule has 30 heavy (non-hydrogen) atoms. The van der Waals surface area contributed by atoms with E-state index in [4.69, 9.17) is 9.47 Å². The zero-order chi connectivity index (χ0) is 21.8. The van der Waals surface area contributed by atoms with Crippen molar-refractivity contribution in [1.82, 2.24) is 19.7 Å². The first kappa shape index (κ1) is 24.2. The van der Waals surface area contributed by atoms with Crippen molar-refractivity contribution in [2.75, 3.05) is 47.1 Å².